The minimum atomic E-state index is -0.119. The predicted molar refractivity (Wildman–Crippen MR) is 80.5 cm³/mol. The summed E-state index contributed by atoms with van der Waals surface area (Å²) < 4.78 is 13.5. The Hall–Kier alpha value is -0.640. The van der Waals surface area contributed by atoms with Gasteiger partial charge in [0.2, 0.25) is 0 Å². The summed E-state index contributed by atoms with van der Waals surface area (Å²) in [5.41, 5.74) is 2.37. The van der Waals surface area contributed by atoms with Crippen molar-refractivity contribution >= 4 is 12.4 Å². The summed E-state index contributed by atoms with van der Waals surface area (Å²) >= 11 is 0. The van der Waals surface area contributed by atoms with Crippen LogP contribution in [0.2, 0.25) is 0 Å². The number of hydrogen-bond acceptors (Lipinski definition) is 2. The van der Waals surface area contributed by atoms with Gasteiger partial charge in [0, 0.05) is 32.2 Å². The molecular formula is C15H24ClFN2. The fourth-order valence-electron chi connectivity index (χ4n) is 2.77. The predicted octanol–water partition coefficient (Wildman–Crippen LogP) is 3.30. The van der Waals surface area contributed by atoms with Crippen molar-refractivity contribution in [3.05, 3.63) is 35.1 Å². The van der Waals surface area contributed by atoms with Crippen molar-refractivity contribution in [2.45, 2.75) is 32.7 Å². The molecule has 0 amide bonds. The van der Waals surface area contributed by atoms with E-state index >= 15 is 0 Å². The highest BCUT2D eigenvalue weighted by Crippen LogP contribution is 2.29. The van der Waals surface area contributed by atoms with Crippen molar-refractivity contribution < 1.29 is 4.39 Å². The molecule has 1 fully saturated rings. The van der Waals surface area contributed by atoms with Gasteiger partial charge < -0.3 is 5.32 Å². The molecule has 1 saturated heterocycles. The number of piperazine rings is 1. The highest BCUT2D eigenvalue weighted by atomic mass is 35.5. The fourth-order valence-corrected chi connectivity index (χ4v) is 2.77. The highest BCUT2D eigenvalue weighted by molar-refractivity contribution is 5.85. The van der Waals surface area contributed by atoms with Crippen LogP contribution in [-0.4, -0.2) is 31.1 Å². The van der Waals surface area contributed by atoms with Crippen LogP contribution in [0.3, 0.4) is 0 Å². The maximum absolute atomic E-state index is 13.5. The second-order valence-electron chi connectivity index (χ2n) is 5.09. The Labute approximate surface area is 121 Å². The van der Waals surface area contributed by atoms with Gasteiger partial charge in [-0.25, -0.2) is 4.39 Å². The molecule has 2 nitrogen and oxygen atoms in total. The molecule has 1 heterocycles. The van der Waals surface area contributed by atoms with E-state index in [2.05, 4.69) is 24.1 Å². The topological polar surface area (TPSA) is 15.3 Å². The zero-order valence-corrected chi connectivity index (χ0v) is 12.6. The van der Waals surface area contributed by atoms with E-state index in [1.807, 2.05) is 6.07 Å². The van der Waals surface area contributed by atoms with Crippen LogP contribution in [-0.2, 0) is 0 Å². The SMILES string of the molecule is CCC[C@@H](c1cc(F)ccc1C)N1CCNCC1.Cl. The number of benzene rings is 1. The molecular weight excluding hydrogens is 263 g/mol. The Balaban J connectivity index is 0.00000180. The molecule has 2 rings (SSSR count). The molecule has 0 bridgehead atoms. The first-order valence-electron chi connectivity index (χ1n) is 6.93. The van der Waals surface area contributed by atoms with Crippen molar-refractivity contribution in [1.82, 2.24) is 10.2 Å². The quantitative estimate of drug-likeness (QED) is 0.914. The van der Waals surface area contributed by atoms with Gasteiger partial charge in [-0.3, -0.25) is 4.90 Å². The van der Waals surface area contributed by atoms with Gasteiger partial charge in [-0.05, 0) is 36.6 Å². The monoisotopic (exact) mass is 286 g/mol. The van der Waals surface area contributed by atoms with E-state index in [0.29, 0.717) is 6.04 Å². The molecule has 0 unspecified atom stereocenters. The standard InChI is InChI=1S/C15H23FN2.ClH/c1-3-4-15(18-9-7-17-8-10-18)14-11-13(16)6-5-12(14)2;/h5-6,11,15,17H,3-4,7-10H2,1-2H3;1H/t15-;/m0./s1. The molecule has 1 aliphatic heterocycles. The Bertz CT molecular complexity index is 392. The lowest BCUT2D eigenvalue weighted by molar-refractivity contribution is 0.164. The van der Waals surface area contributed by atoms with Crippen molar-refractivity contribution in [2.75, 3.05) is 26.2 Å². The third kappa shape index (κ3) is 4.16. The normalized spacial score (nSPS) is 17.8. The summed E-state index contributed by atoms with van der Waals surface area (Å²) in [7, 11) is 0. The van der Waals surface area contributed by atoms with Crippen LogP contribution in [0.1, 0.15) is 36.9 Å². The first-order valence-corrected chi connectivity index (χ1v) is 6.93. The highest BCUT2D eigenvalue weighted by Gasteiger charge is 2.22. The number of halogens is 2. The lowest BCUT2D eigenvalue weighted by Gasteiger charge is -2.36. The van der Waals surface area contributed by atoms with Crippen LogP contribution in [0.15, 0.2) is 18.2 Å². The number of aryl methyl sites for hydroxylation is 1. The van der Waals surface area contributed by atoms with Gasteiger partial charge in [0.25, 0.3) is 0 Å². The Morgan fingerprint density at radius 3 is 2.63 bits per heavy atom. The molecule has 0 aliphatic carbocycles. The molecule has 0 aromatic heterocycles. The van der Waals surface area contributed by atoms with E-state index in [0.717, 1.165) is 39.0 Å². The summed E-state index contributed by atoms with van der Waals surface area (Å²) in [6.45, 7) is 8.47. The van der Waals surface area contributed by atoms with Gasteiger partial charge in [-0.1, -0.05) is 19.4 Å². The van der Waals surface area contributed by atoms with Gasteiger partial charge in [-0.15, -0.1) is 12.4 Å². The van der Waals surface area contributed by atoms with E-state index in [1.165, 1.54) is 11.1 Å². The summed E-state index contributed by atoms with van der Waals surface area (Å²) in [6, 6.07) is 5.54. The van der Waals surface area contributed by atoms with Gasteiger partial charge in [0.1, 0.15) is 5.82 Å². The molecule has 1 aromatic rings. The smallest absolute Gasteiger partial charge is 0.123 e. The molecule has 0 saturated carbocycles. The van der Waals surface area contributed by atoms with Crippen LogP contribution < -0.4 is 5.32 Å². The van der Waals surface area contributed by atoms with E-state index in [4.69, 9.17) is 0 Å². The Morgan fingerprint density at radius 2 is 2.00 bits per heavy atom. The molecule has 0 radical (unpaired) electrons. The Kier molecular flexibility index (Phi) is 6.76. The van der Waals surface area contributed by atoms with E-state index in [9.17, 15) is 4.39 Å². The van der Waals surface area contributed by atoms with E-state index in [-0.39, 0.29) is 18.2 Å². The van der Waals surface area contributed by atoms with Gasteiger partial charge >= 0.3 is 0 Å². The maximum Gasteiger partial charge on any atom is 0.123 e. The lowest BCUT2D eigenvalue weighted by Crippen LogP contribution is -2.45. The van der Waals surface area contributed by atoms with Crippen LogP contribution in [0.25, 0.3) is 0 Å². The number of nitrogens with zero attached hydrogens (tertiary/aromatic N) is 1. The maximum atomic E-state index is 13.5. The molecule has 1 N–H and O–H groups in total. The number of hydrogen-bond donors (Lipinski definition) is 1. The molecule has 1 aliphatic rings. The van der Waals surface area contributed by atoms with E-state index < -0.39 is 0 Å². The summed E-state index contributed by atoms with van der Waals surface area (Å²) in [5.74, 6) is -0.119. The molecule has 1 aromatic carbocycles. The van der Waals surface area contributed by atoms with E-state index in [1.54, 1.807) is 12.1 Å². The summed E-state index contributed by atoms with van der Waals surface area (Å²) in [6.07, 6.45) is 2.23. The molecule has 19 heavy (non-hydrogen) atoms. The molecule has 0 spiro atoms. The molecule has 1 atom stereocenters. The largest absolute Gasteiger partial charge is 0.314 e. The van der Waals surface area contributed by atoms with Crippen molar-refractivity contribution in [2.24, 2.45) is 0 Å². The average Bonchev–Trinajstić information content (AvgIpc) is 2.40. The molecule has 4 heteroatoms. The minimum Gasteiger partial charge on any atom is -0.314 e. The summed E-state index contributed by atoms with van der Waals surface area (Å²) in [4.78, 5) is 2.49. The summed E-state index contributed by atoms with van der Waals surface area (Å²) in [5, 5.41) is 3.37. The zero-order chi connectivity index (χ0) is 13.0. The van der Waals surface area contributed by atoms with Crippen LogP contribution in [0.4, 0.5) is 4.39 Å². The average molecular weight is 287 g/mol. The van der Waals surface area contributed by atoms with Gasteiger partial charge in [0.15, 0.2) is 0 Å². The second kappa shape index (κ2) is 7.83. The lowest BCUT2D eigenvalue weighted by atomic mass is 9.95. The van der Waals surface area contributed by atoms with Crippen molar-refractivity contribution in [3.8, 4) is 0 Å². The second-order valence-corrected chi connectivity index (χ2v) is 5.09. The Morgan fingerprint density at radius 1 is 1.32 bits per heavy atom. The van der Waals surface area contributed by atoms with Gasteiger partial charge in [0.05, 0.1) is 0 Å². The van der Waals surface area contributed by atoms with Crippen molar-refractivity contribution in [1.29, 1.82) is 0 Å². The third-order valence-electron chi connectivity index (χ3n) is 3.75. The molecule has 108 valence electrons. The first-order chi connectivity index (χ1) is 8.72. The minimum absolute atomic E-state index is 0. The van der Waals surface area contributed by atoms with Crippen LogP contribution in [0, 0.1) is 12.7 Å². The fraction of sp³-hybridized carbons (Fsp3) is 0.600. The van der Waals surface area contributed by atoms with Crippen molar-refractivity contribution in [3.63, 3.8) is 0 Å². The zero-order valence-electron chi connectivity index (χ0n) is 11.8. The van der Waals surface area contributed by atoms with Crippen LogP contribution in [0.5, 0.6) is 0 Å². The number of nitrogens with one attached hydrogen (secondary N) is 1. The number of rotatable bonds is 4. The first kappa shape index (κ1) is 16.4. The van der Waals surface area contributed by atoms with Crippen LogP contribution >= 0.6 is 12.4 Å². The third-order valence-corrected chi connectivity index (χ3v) is 3.75. The van der Waals surface area contributed by atoms with Gasteiger partial charge in [-0.2, -0.15) is 0 Å².